The molecule has 0 spiro atoms. The number of aryl methyl sites for hydroxylation is 1. The van der Waals surface area contributed by atoms with Crippen molar-refractivity contribution in [3.63, 3.8) is 0 Å². The van der Waals surface area contributed by atoms with Gasteiger partial charge in [0.05, 0.1) is 24.2 Å². The molecule has 0 aliphatic heterocycles. The molecule has 0 saturated carbocycles. The highest BCUT2D eigenvalue weighted by Crippen LogP contribution is 2.27. The zero-order valence-corrected chi connectivity index (χ0v) is 17.4. The summed E-state index contributed by atoms with van der Waals surface area (Å²) in [5.74, 6) is 1.04. The van der Waals surface area contributed by atoms with E-state index in [0.29, 0.717) is 12.4 Å². The van der Waals surface area contributed by atoms with Crippen molar-refractivity contribution in [3.05, 3.63) is 66.3 Å². The van der Waals surface area contributed by atoms with Gasteiger partial charge in [-0.05, 0) is 6.92 Å². The SMILES string of the molecule is Cc1cc(Cn2cc(-c3ccccc3)nc2[CH]C(C)(C)C(=O)NC[C@H](F)CN)no1. The highest BCUT2D eigenvalue weighted by Gasteiger charge is 2.31. The molecule has 0 fully saturated rings. The fraction of sp³-hybridized carbons (Fsp3) is 0.364. The van der Waals surface area contributed by atoms with Gasteiger partial charge in [-0.25, -0.2) is 9.37 Å². The highest BCUT2D eigenvalue weighted by molar-refractivity contribution is 5.83. The highest BCUT2D eigenvalue weighted by atomic mass is 19.1. The smallest absolute Gasteiger partial charge is 0.226 e. The second-order valence-corrected chi connectivity index (χ2v) is 7.82. The molecule has 1 aromatic carbocycles. The van der Waals surface area contributed by atoms with Crippen molar-refractivity contribution in [1.82, 2.24) is 20.0 Å². The number of alkyl halides is 1. The lowest BCUT2D eigenvalue weighted by atomic mass is 9.87. The third kappa shape index (κ3) is 5.33. The number of nitrogens with one attached hydrogen (secondary N) is 1. The zero-order chi connectivity index (χ0) is 21.7. The van der Waals surface area contributed by atoms with Gasteiger partial charge in [-0.1, -0.05) is 49.3 Å². The number of imidazole rings is 1. The molecule has 8 heteroatoms. The van der Waals surface area contributed by atoms with E-state index in [1.165, 1.54) is 0 Å². The minimum absolute atomic E-state index is 0.117. The summed E-state index contributed by atoms with van der Waals surface area (Å²) >= 11 is 0. The monoisotopic (exact) mass is 412 g/mol. The van der Waals surface area contributed by atoms with E-state index in [0.717, 1.165) is 22.7 Å². The van der Waals surface area contributed by atoms with Crippen LogP contribution in [-0.2, 0) is 11.3 Å². The Labute approximate surface area is 175 Å². The van der Waals surface area contributed by atoms with Gasteiger partial charge in [-0.15, -0.1) is 0 Å². The van der Waals surface area contributed by atoms with Gasteiger partial charge in [0, 0.05) is 30.8 Å². The summed E-state index contributed by atoms with van der Waals surface area (Å²) in [5.41, 5.74) is 6.87. The summed E-state index contributed by atoms with van der Waals surface area (Å²) in [6.45, 7) is 5.56. The van der Waals surface area contributed by atoms with Gasteiger partial charge in [0.15, 0.2) is 0 Å². The fourth-order valence-corrected chi connectivity index (χ4v) is 2.99. The van der Waals surface area contributed by atoms with E-state index in [2.05, 4.69) is 10.5 Å². The van der Waals surface area contributed by atoms with Crippen LogP contribution >= 0.6 is 0 Å². The summed E-state index contributed by atoms with van der Waals surface area (Å²) < 4.78 is 20.5. The molecule has 2 aromatic heterocycles. The van der Waals surface area contributed by atoms with Crippen molar-refractivity contribution in [2.24, 2.45) is 11.1 Å². The molecule has 7 nitrogen and oxygen atoms in total. The molecule has 3 N–H and O–H groups in total. The van der Waals surface area contributed by atoms with E-state index in [1.54, 1.807) is 20.3 Å². The predicted molar refractivity (Wildman–Crippen MR) is 112 cm³/mol. The number of hydrogen-bond acceptors (Lipinski definition) is 5. The minimum Gasteiger partial charge on any atom is -0.361 e. The normalized spacial score (nSPS) is 12.7. The molecule has 3 rings (SSSR count). The Bertz CT molecular complexity index is 981. The summed E-state index contributed by atoms with van der Waals surface area (Å²) in [6, 6.07) is 11.6. The predicted octanol–water partition coefficient (Wildman–Crippen LogP) is 2.89. The third-order valence-electron chi connectivity index (χ3n) is 4.70. The molecule has 2 heterocycles. The van der Waals surface area contributed by atoms with Crippen LogP contribution in [0.15, 0.2) is 47.1 Å². The number of nitrogens with two attached hydrogens (primary N) is 1. The Morgan fingerprint density at radius 3 is 2.73 bits per heavy atom. The van der Waals surface area contributed by atoms with Crippen LogP contribution < -0.4 is 11.1 Å². The van der Waals surface area contributed by atoms with Gasteiger partial charge in [0.25, 0.3) is 0 Å². The molecule has 3 aromatic rings. The number of carbonyl (C=O) groups excluding carboxylic acids is 1. The van der Waals surface area contributed by atoms with Crippen LogP contribution in [0.3, 0.4) is 0 Å². The van der Waals surface area contributed by atoms with Crippen LogP contribution in [0.5, 0.6) is 0 Å². The van der Waals surface area contributed by atoms with E-state index >= 15 is 0 Å². The van der Waals surface area contributed by atoms with Crippen molar-refractivity contribution in [3.8, 4) is 11.3 Å². The van der Waals surface area contributed by atoms with Gasteiger partial charge >= 0.3 is 0 Å². The summed E-state index contributed by atoms with van der Waals surface area (Å²) in [5, 5.41) is 6.67. The maximum Gasteiger partial charge on any atom is 0.226 e. The molecule has 30 heavy (non-hydrogen) atoms. The average Bonchev–Trinajstić information content (AvgIpc) is 3.32. The zero-order valence-electron chi connectivity index (χ0n) is 17.4. The standard InChI is InChI=1S/C22H27FN5O2/c1-15-9-18(27-30-15)13-28-14-19(16-7-5-4-6-8-16)26-20(28)10-22(2,3)21(29)25-12-17(23)11-24/h4-10,14,17H,11-13,24H2,1-3H3,(H,25,29)/t17-/m1/s1. The number of rotatable bonds is 9. The van der Waals surface area contributed by atoms with Gasteiger partial charge in [0.1, 0.15) is 23.5 Å². The number of benzene rings is 1. The van der Waals surface area contributed by atoms with Crippen LogP contribution in [0.2, 0.25) is 0 Å². The fourth-order valence-electron chi connectivity index (χ4n) is 2.99. The third-order valence-corrected chi connectivity index (χ3v) is 4.70. The topological polar surface area (TPSA) is 99.0 Å². The maximum absolute atomic E-state index is 13.4. The summed E-state index contributed by atoms with van der Waals surface area (Å²) in [4.78, 5) is 17.4. The number of carbonyl (C=O) groups is 1. The van der Waals surface area contributed by atoms with E-state index < -0.39 is 11.6 Å². The van der Waals surface area contributed by atoms with E-state index in [4.69, 9.17) is 15.2 Å². The first kappa shape index (κ1) is 21.7. The summed E-state index contributed by atoms with van der Waals surface area (Å²) in [6.07, 6.45) is 2.43. The van der Waals surface area contributed by atoms with E-state index in [-0.39, 0.29) is 19.0 Å². The van der Waals surface area contributed by atoms with Crippen molar-refractivity contribution in [2.45, 2.75) is 33.5 Å². The first-order valence-corrected chi connectivity index (χ1v) is 9.81. The molecule has 1 amide bonds. The summed E-state index contributed by atoms with van der Waals surface area (Å²) in [7, 11) is 0. The first-order valence-electron chi connectivity index (χ1n) is 9.81. The number of aromatic nitrogens is 3. The van der Waals surface area contributed by atoms with Crippen molar-refractivity contribution >= 4 is 5.91 Å². The Hall–Kier alpha value is -3.00. The Balaban J connectivity index is 1.85. The Kier molecular flexibility index (Phi) is 6.66. The van der Waals surface area contributed by atoms with Gasteiger partial charge < -0.3 is 20.1 Å². The maximum atomic E-state index is 13.4. The molecular formula is C22H27FN5O2. The van der Waals surface area contributed by atoms with Crippen LogP contribution in [0, 0.1) is 18.8 Å². The number of halogens is 1. The molecule has 0 bridgehead atoms. The van der Waals surface area contributed by atoms with Gasteiger partial charge in [0.2, 0.25) is 5.91 Å². The van der Waals surface area contributed by atoms with Crippen LogP contribution in [0.1, 0.15) is 31.1 Å². The minimum atomic E-state index is -1.27. The van der Waals surface area contributed by atoms with Gasteiger partial charge in [-0.2, -0.15) is 0 Å². The largest absolute Gasteiger partial charge is 0.361 e. The lowest BCUT2D eigenvalue weighted by Crippen LogP contribution is -2.42. The molecule has 0 unspecified atom stereocenters. The lowest BCUT2D eigenvalue weighted by Gasteiger charge is -2.23. The quantitative estimate of drug-likeness (QED) is 0.563. The molecular weight excluding hydrogens is 385 g/mol. The van der Waals surface area contributed by atoms with Crippen LogP contribution in [-0.4, -0.2) is 39.9 Å². The molecule has 0 aliphatic carbocycles. The Morgan fingerprint density at radius 1 is 1.37 bits per heavy atom. The van der Waals surface area contributed by atoms with Crippen molar-refractivity contribution in [1.29, 1.82) is 0 Å². The Morgan fingerprint density at radius 2 is 2.10 bits per heavy atom. The molecule has 1 atom stereocenters. The second kappa shape index (κ2) is 9.21. The second-order valence-electron chi connectivity index (χ2n) is 7.82. The van der Waals surface area contributed by atoms with E-state index in [9.17, 15) is 9.18 Å². The molecule has 159 valence electrons. The van der Waals surface area contributed by atoms with Crippen LogP contribution in [0.4, 0.5) is 4.39 Å². The number of hydrogen-bond donors (Lipinski definition) is 2. The molecule has 0 saturated heterocycles. The first-order chi connectivity index (χ1) is 14.3. The van der Waals surface area contributed by atoms with Gasteiger partial charge in [-0.3, -0.25) is 4.79 Å². The number of nitrogens with zero attached hydrogens (tertiary/aromatic N) is 3. The molecule has 1 radical (unpaired) electrons. The van der Waals surface area contributed by atoms with Crippen LogP contribution in [0.25, 0.3) is 11.3 Å². The van der Waals surface area contributed by atoms with E-state index in [1.807, 2.05) is 54.1 Å². The lowest BCUT2D eigenvalue weighted by molar-refractivity contribution is -0.127. The number of amides is 1. The molecule has 0 aliphatic rings. The average molecular weight is 412 g/mol. The van der Waals surface area contributed by atoms with Crippen molar-refractivity contribution < 1.29 is 13.7 Å². The van der Waals surface area contributed by atoms with Crippen molar-refractivity contribution in [2.75, 3.05) is 13.1 Å².